The highest BCUT2D eigenvalue weighted by Crippen LogP contribution is 2.40. The lowest BCUT2D eigenvalue weighted by Gasteiger charge is -2.18. The zero-order chi connectivity index (χ0) is 16.7. The van der Waals surface area contributed by atoms with Crippen LogP contribution < -0.4 is 0 Å². The summed E-state index contributed by atoms with van der Waals surface area (Å²) in [7, 11) is 0. The first-order valence-corrected chi connectivity index (χ1v) is 8.35. The van der Waals surface area contributed by atoms with Crippen LogP contribution in [-0.4, -0.2) is 24.6 Å². The minimum atomic E-state index is -0.661. The van der Waals surface area contributed by atoms with Crippen LogP contribution in [0.3, 0.4) is 0 Å². The number of aromatic nitrogens is 4. The summed E-state index contributed by atoms with van der Waals surface area (Å²) in [5, 5.41) is 19.2. The second-order valence-electron chi connectivity index (χ2n) is 6.57. The van der Waals surface area contributed by atoms with Crippen LogP contribution >= 0.6 is 0 Å². The second kappa shape index (κ2) is 5.84. The van der Waals surface area contributed by atoms with Gasteiger partial charge in [0, 0.05) is 18.7 Å². The molecule has 0 bridgehead atoms. The SMILES string of the molecule is C[C@@H](O)c1nc2cnc3cccnc3c2n1[C@H]1CC[C@@H](CC#N)C1. The van der Waals surface area contributed by atoms with Crippen molar-refractivity contribution in [3.63, 3.8) is 0 Å². The zero-order valence-electron chi connectivity index (χ0n) is 13.6. The van der Waals surface area contributed by atoms with Gasteiger partial charge in [-0.2, -0.15) is 5.26 Å². The summed E-state index contributed by atoms with van der Waals surface area (Å²) < 4.78 is 2.15. The third-order valence-electron chi connectivity index (χ3n) is 4.93. The molecule has 1 aliphatic rings. The summed E-state index contributed by atoms with van der Waals surface area (Å²) >= 11 is 0. The fourth-order valence-corrected chi connectivity index (χ4v) is 3.87. The topological polar surface area (TPSA) is 87.6 Å². The number of nitrogens with zero attached hydrogens (tertiary/aromatic N) is 5. The van der Waals surface area contributed by atoms with Crippen molar-refractivity contribution in [2.24, 2.45) is 5.92 Å². The van der Waals surface area contributed by atoms with Crippen LogP contribution in [0.2, 0.25) is 0 Å². The zero-order valence-corrected chi connectivity index (χ0v) is 13.6. The fraction of sp³-hybridized carbons (Fsp3) is 0.444. The standard InChI is InChI=1S/C18H19N5O/c1-11(24)18-22-15-10-21-14-3-2-8-20-16(14)17(15)23(18)13-5-4-12(9-13)6-7-19/h2-3,8,10-13,24H,4-6,9H2,1H3/t11-,12+,13+/m1/s1. The lowest BCUT2D eigenvalue weighted by molar-refractivity contribution is 0.181. The number of nitriles is 1. The van der Waals surface area contributed by atoms with E-state index in [0.29, 0.717) is 18.2 Å². The molecule has 0 radical (unpaired) electrons. The smallest absolute Gasteiger partial charge is 0.138 e. The van der Waals surface area contributed by atoms with Crippen LogP contribution in [0.1, 0.15) is 50.6 Å². The Balaban J connectivity index is 1.93. The van der Waals surface area contributed by atoms with Crippen molar-refractivity contribution in [3.8, 4) is 6.07 Å². The van der Waals surface area contributed by atoms with Crippen molar-refractivity contribution in [1.82, 2.24) is 19.5 Å². The molecule has 1 aliphatic carbocycles. The minimum Gasteiger partial charge on any atom is -0.385 e. The molecule has 3 atom stereocenters. The molecule has 6 heteroatoms. The van der Waals surface area contributed by atoms with E-state index in [2.05, 4.69) is 25.6 Å². The van der Waals surface area contributed by atoms with Gasteiger partial charge in [-0.25, -0.2) is 4.98 Å². The van der Waals surface area contributed by atoms with Gasteiger partial charge in [-0.1, -0.05) is 0 Å². The van der Waals surface area contributed by atoms with E-state index in [1.165, 1.54) is 0 Å². The molecule has 1 fully saturated rings. The van der Waals surface area contributed by atoms with E-state index < -0.39 is 6.10 Å². The molecular weight excluding hydrogens is 302 g/mol. The third-order valence-corrected chi connectivity index (χ3v) is 4.93. The first kappa shape index (κ1) is 15.0. The average molecular weight is 321 g/mol. The van der Waals surface area contributed by atoms with Crippen LogP contribution in [0.15, 0.2) is 24.5 Å². The Bertz CT molecular complexity index is 940. The maximum atomic E-state index is 10.2. The predicted molar refractivity (Wildman–Crippen MR) is 90.1 cm³/mol. The molecule has 0 unspecified atom stereocenters. The van der Waals surface area contributed by atoms with Crippen molar-refractivity contribution in [2.75, 3.05) is 0 Å². The van der Waals surface area contributed by atoms with Gasteiger partial charge in [-0.3, -0.25) is 9.97 Å². The highest BCUT2D eigenvalue weighted by molar-refractivity contribution is 5.99. The Morgan fingerprint density at radius 2 is 2.25 bits per heavy atom. The van der Waals surface area contributed by atoms with Gasteiger partial charge >= 0.3 is 0 Å². The van der Waals surface area contributed by atoms with E-state index in [9.17, 15) is 5.11 Å². The van der Waals surface area contributed by atoms with E-state index in [0.717, 1.165) is 41.3 Å². The van der Waals surface area contributed by atoms with E-state index in [4.69, 9.17) is 5.26 Å². The first-order chi connectivity index (χ1) is 11.7. The summed E-state index contributed by atoms with van der Waals surface area (Å²) in [6.45, 7) is 1.74. The molecular formula is C18H19N5O. The number of aliphatic hydroxyl groups is 1. The van der Waals surface area contributed by atoms with Crippen LogP contribution in [0.5, 0.6) is 0 Å². The van der Waals surface area contributed by atoms with E-state index in [1.54, 1.807) is 19.3 Å². The predicted octanol–water partition coefficient (Wildman–Crippen LogP) is 3.29. The summed E-state index contributed by atoms with van der Waals surface area (Å²) in [5.41, 5.74) is 3.35. The van der Waals surface area contributed by atoms with Gasteiger partial charge < -0.3 is 9.67 Å². The molecule has 0 aromatic carbocycles. The molecule has 6 nitrogen and oxygen atoms in total. The molecule has 3 aromatic heterocycles. The normalized spacial score (nSPS) is 22.0. The molecule has 3 aromatic rings. The summed E-state index contributed by atoms with van der Waals surface area (Å²) in [6.07, 6.45) is 6.41. The largest absolute Gasteiger partial charge is 0.385 e. The molecule has 0 spiro atoms. The lowest BCUT2D eigenvalue weighted by Crippen LogP contribution is -2.12. The van der Waals surface area contributed by atoms with Gasteiger partial charge in [0.25, 0.3) is 0 Å². The van der Waals surface area contributed by atoms with Crippen molar-refractivity contribution < 1.29 is 5.11 Å². The maximum Gasteiger partial charge on any atom is 0.138 e. The number of aliphatic hydroxyl groups excluding tert-OH is 1. The number of fused-ring (bicyclic) bond motifs is 3. The summed E-state index contributed by atoms with van der Waals surface area (Å²) in [4.78, 5) is 13.6. The molecule has 0 aliphatic heterocycles. The van der Waals surface area contributed by atoms with Crippen molar-refractivity contribution >= 4 is 22.1 Å². The van der Waals surface area contributed by atoms with E-state index in [-0.39, 0.29) is 6.04 Å². The number of hydrogen-bond donors (Lipinski definition) is 1. The highest BCUT2D eigenvalue weighted by atomic mass is 16.3. The van der Waals surface area contributed by atoms with Crippen LogP contribution in [-0.2, 0) is 0 Å². The first-order valence-electron chi connectivity index (χ1n) is 8.35. The van der Waals surface area contributed by atoms with E-state index in [1.807, 2.05) is 12.1 Å². The average Bonchev–Trinajstić information content (AvgIpc) is 3.19. The minimum absolute atomic E-state index is 0.241. The van der Waals surface area contributed by atoms with Crippen LogP contribution in [0.4, 0.5) is 0 Å². The maximum absolute atomic E-state index is 10.2. The number of hydrogen-bond acceptors (Lipinski definition) is 5. The summed E-state index contributed by atoms with van der Waals surface area (Å²) in [6, 6.07) is 6.33. The molecule has 1 saturated carbocycles. The molecule has 24 heavy (non-hydrogen) atoms. The van der Waals surface area contributed by atoms with Crippen molar-refractivity contribution in [2.45, 2.75) is 44.8 Å². The van der Waals surface area contributed by atoms with Crippen molar-refractivity contribution in [3.05, 3.63) is 30.4 Å². The number of imidazole rings is 1. The Labute approximate surface area is 139 Å². The molecule has 122 valence electrons. The number of rotatable bonds is 3. The van der Waals surface area contributed by atoms with Crippen LogP contribution in [0, 0.1) is 17.2 Å². The number of pyridine rings is 2. The Kier molecular flexibility index (Phi) is 3.66. The fourth-order valence-electron chi connectivity index (χ4n) is 3.87. The van der Waals surface area contributed by atoms with Gasteiger partial charge in [0.15, 0.2) is 0 Å². The lowest BCUT2D eigenvalue weighted by atomic mass is 10.1. The van der Waals surface area contributed by atoms with Crippen LogP contribution in [0.25, 0.3) is 22.1 Å². The molecule has 0 saturated heterocycles. The third kappa shape index (κ3) is 2.33. The Morgan fingerprint density at radius 1 is 1.38 bits per heavy atom. The second-order valence-corrected chi connectivity index (χ2v) is 6.57. The quantitative estimate of drug-likeness (QED) is 0.799. The van der Waals surface area contributed by atoms with E-state index >= 15 is 0 Å². The molecule has 1 N–H and O–H groups in total. The Hall–Kier alpha value is -2.52. The van der Waals surface area contributed by atoms with Gasteiger partial charge in [-0.15, -0.1) is 0 Å². The van der Waals surface area contributed by atoms with Gasteiger partial charge in [-0.05, 0) is 44.2 Å². The Morgan fingerprint density at radius 3 is 3.04 bits per heavy atom. The molecule has 0 amide bonds. The van der Waals surface area contributed by atoms with Gasteiger partial charge in [0.05, 0.1) is 23.3 Å². The molecule has 3 heterocycles. The van der Waals surface area contributed by atoms with Crippen molar-refractivity contribution in [1.29, 1.82) is 5.26 Å². The van der Waals surface area contributed by atoms with Gasteiger partial charge in [0.2, 0.25) is 0 Å². The summed E-state index contributed by atoms with van der Waals surface area (Å²) in [5.74, 6) is 1.08. The highest BCUT2D eigenvalue weighted by Gasteiger charge is 2.30. The molecule has 4 rings (SSSR count). The van der Waals surface area contributed by atoms with Gasteiger partial charge in [0.1, 0.15) is 23.0 Å². The monoisotopic (exact) mass is 321 g/mol.